The lowest BCUT2D eigenvalue weighted by molar-refractivity contribution is -0.137. The molecule has 0 aliphatic heterocycles. The van der Waals surface area contributed by atoms with Gasteiger partial charge >= 0.3 is 12.2 Å². The average Bonchev–Trinajstić information content (AvgIpc) is 2.71. The van der Waals surface area contributed by atoms with Crippen molar-refractivity contribution in [3.05, 3.63) is 56.3 Å². The predicted octanol–water partition coefficient (Wildman–Crippen LogP) is 5.74. The van der Waals surface area contributed by atoms with Crippen molar-refractivity contribution in [1.82, 2.24) is 20.3 Å². The summed E-state index contributed by atoms with van der Waals surface area (Å²) in [5.74, 6) is -1.60. The lowest BCUT2D eigenvalue weighted by Gasteiger charge is -2.13. The van der Waals surface area contributed by atoms with Crippen molar-refractivity contribution in [2.24, 2.45) is 0 Å². The van der Waals surface area contributed by atoms with Gasteiger partial charge in [0.1, 0.15) is 5.69 Å². The molecule has 0 spiro atoms. The molecule has 3 N–H and O–H groups in total. The van der Waals surface area contributed by atoms with Crippen LogP contribution in [-0.2, 0) is 6.18 Å². The second-order valence-corrected chi connectivity index (χ2v) is 8.48. The first-order chi connectivity index (χ1) is 15.4. The van der Waals surface area contributed by atoms with E-state index in [1.165, 1.54) is 12.1 Å². The molecular formula is C19H16Cl3F3N4O3S. The molecule has 1 aromatic heterocycles. The molecule has 1 aromatic carbocycles. The van der Waals surface area contributed by atoms with Crippen LogP contribution >= 0.6 is 46.8 Å². The van der Waals surface area contributed by atoms with Gasteiger partial charge in [0.15, 0.2) is 0 Å². The number of carbonyl (C=O) groups excluding carboxylic acids is 3. The van der Waals surface area contributed by atoms with Crippen LogP contribution in [-0.4, -0.2) is 29.4 Å². The Morgan fingerprint density at radius 3 is 2.36 bits per heavy atom. The topological polar surface area (TPSA) is 100 Å². The Kier molecular flexibility index (Phi) is 9.65. The van der Waals surface area contributed by atoms with Gasteiger partial charge in [0.25, 0.3) is 11.8 Å². The number of hydrogen-bond acceptors (Lipinski definition) is 5. The van der Waals surface area contributed by atoms with Crippen LogP contribution in [0.15, 0.2) is 29.3 Å². The van der Waals surface area contributed by atoms with Gasteiger partial charge in [-0.2, -0.15) is 13.2 Å². The highest BCUT2D eigenvalue weighted by Gasteiger charge is 2.32. The monoisotopic (exact) mass is 542 g/mol. The summed E-state index contributed by atoms with van der Waals surface area (Å²) < 4.78 is 40.3. The Bertz CT molecular complexity index is 1070. The van der Waals surface area contributed by atoms with Crippen LogP contribution in [0.4, 0.5) is 18.0 Å². The molecular weight excluding hydrogens is 528 g/mol. The van der Waals surface area contributed by atoms with Crippen molar-refractivity contribution in [3.63, 3.8) is 0 Å². The van der Waals surface area contributed by atoms with Crippen LogP contribution in [0.25, 0.3) is 0 Å². The maximum absolute atomic E-state index is 12.7. The summed E-state index contributed by atoms with van der Waals surface area (Å²) >= 11 is 18.5. The highest BCUT2D eigenvalue weighted by atomic mass is 35.5. The van der Waals surface area contributed by atoms with Crippen molar-refractivity contribution in [1.29, 1.82) is 0 Å². The van der Waals surface area contributed by atoms with E-state index in [-0.39, 0.29) is 20.5 Å². The minimum Gasteiger partial charge on any atom is -0.352 e. The number of carbonyl (C=O) groups is 3. The number of hydrogen-bond donors (Lipinski definition) is 3. The fourth-order valence-corrected chi connectivity index (χ4v) is 3.88. The predicted molar refractivity (Wildman–Crippen MR) is 120 cm³/mol. The quantitative estimate of drug-likeness (QED) is 0.306. The van der Waals surface area contributed by atoms with Crippen molar-refractivity contribution in [2.45, 2.75) is 30.8 Å². The van der Waals surface area contributed by atoms with Gasteiger partial charge in [0, 0.05) is 17.8 Å². The van der Waals surface area contributed by atoms with E-state index in [9.17, 15) is 27.6 Å². The van der Waals surface area contributed by atoms with E-state index in [1.54, 1.807) is 0 Å². The summed E-state index contributed by atoms with van der Waals surface area (Å²) in [5.41, 5.74) is -1.62. The summed E-state index contributed by atoms with van der Waals surface area (Å²) in [5, 5.41) is 4.27. The van der Waals surface area contributed by atoms with E-state index in [2.05, 4.69) is 15.0 Å². The Balaban J connectivity index is 2.09. The first-order valence-electron chi connectivity index (χ1n) is 9.22. The zero-order valence-corrected chi connectivity index (χ0v) is 19.9. The number of amides is 4. The number of urea groups is 1. The van der Waals surface area contributed by atoms with Crippen molar-refractivity contribution in [2.75, 3.05) is 6.54 Å². The normalized spacial score (nSPS) is 11.1. The lowest BCUT2D eigenvalue weighted by atomic mass is 10.2. The summed E-state index contributed by atoms with van der Waals surface area (Å²) in [7, 11) is 0. The van der Waals surface area contributed by atoms with Crippen LogP contribution < -0.4 is 15.4 Å². The van der Waals surface area contributed by atoms with Crippen LogP contribution in [0.2, 0.25) is 15.1 Å². The smallest absolute Gasteiger partial charge is 0.352 e. The number of halogens is 6. The summed E-state index contributed by atoms with van der Waals surface area (Å²) in [6.07, 6.45) is -2.65. The molecule has 0 aliphatic carbocycles. The first-order valence-corrected chi connectivity index (χ1v) is 11.2. The summed E-state index contributed by atoms with van der Waals surface area (Å²) in [6.45, 7) is 2.38. The standard InChI is InChI=1S/C19H16Cl3F3N4O3S/c1-2-3-4-26-16(30)11-6-10(20)7-13(22)15(11)33-29-18(32)28-17(31)14-12(21)5-9(8-27-14)19(23,24)25/h5-8H,2-4H2,1H3,(H,26,30)(H2,28,29,31,32). The minimum atomic E-state index is -4.70. The van der Waals surface area contributed by atoms with Crippen LogP contribution in [0.5, 0.6) is 0 Å². The zero-order valence-electron chi connectivity index (χ0n) is 16.8. The van der Waals surface area contributed by atoms with Gasteiger partial charge in [-0.05, 0) is 36.6 Å². The first kappa shape index (κ1) is 27.0. The van der Waals surface area contributed by atoms with Gasteiger partial charge in [-0.3, -0.25) is 19.6 Å². The molecule has 2 rings (SSSR count). The Hall–Kier alpha value is -2.21. The molecule has 0 saturated carbocycles. The number of nitrogens with zero attached hydrogens (tertiary/aromatic N) is 1. The lowest BCUT2D eigenvalue weighted by Crippen LogP contribution is -2.37. The number of aromatic nitrogens is 1. The van der Waals surface area contributed by atoms with Gasteiger partial charge in [-0.1, -0.05) is 48.1 Å². The number of nitrogens with one attached hydrogen (secondary N) is 3. The number of alkyl halides is 3. The van der Waals surface area contributed by atoms with Crippen LogP contribution in [0.3, 0.4) is 0 Å². The molecule has 2 aromatic rings. The Morgan fingerprint density at radius 1 is 1.06 bits per heavy atom. The Morgan fingerprint density at radius 2 is 1.76 bits per heavy atom. The van der Waals surface area contributed by atoms with Gasteiger partial charge < -0.3 is 5.32 Å². The maximum Gasteiger partial charge on any atom is 0.417 e. The highest BCUT2D eigenvalue weighted by Crippen LogP contribution is 2.33. The van der Waals surface area contributed by atoms with Crippen LogP contribution in [0.1, 0.15) is 46.2 Å². The van der Waals surface area contributed by atoms with E-state index in [0.29, 0.717) is 30.8 Å². The number of imide groups is 1. The molecule has 0 saturated heterocycles. The second kappa shape index (κ2) is 11.8. The third-order valence-corrected chi connectivity index (χ3v) is 5.77. The molecule has 0 atom stereocenters. The fourth-order valence-electron chi connectivity index (χ4n) is 2.35. The molecule has 7 nitrogen and oxygen atoms in total. The molecule has 0 fully saturated rings. The largest absolute Gasteiger partial charge is 0.417 e. The molecule has 0 radical (unpaired) electrons. The number of unbranched alkanes of at least 4 members (excludes halogenated alkanes) is 1. The van der Waals surface area contributed by atoms with E-state index in [4.69, 9.17) is 34.8 Å². The molecule has 4 amide bonds. The van der Waals surface area contributed by atoms with Crippen molar-refractivity contribution < 1.29 is 27.6 Å². The SMILES string of the molecule is CCCCNC(=O)c1cc(Cl)cc(Cl)c1SNC(=O)NC(=O)c1ncc(C(F)(F)F)cc1Cl. The summed E-state index contributed by atoms with van der Waals surface area (Å²) in [4.78, 5) is 40.3. The number of rotatable bonds is 7. The van der Waals surface area contributed by atoms with Gasteiger partial charge in [-0.25, -0.2) is 9.78 Å². The third kappa shape index (κ3) is 7.66. The fraction of sp³-hybridized carbons (Fsp3) is 0.263. The number of pyridine rings is 1. The van der Waals surface area contributed by atoms with Gasteiger partial charge in [0.2, 0.25) is 0 Å². The molecule has 33 heavy (non-hydrogen) atoms. The second-order valence-electron chi connectivity index (χ2n) is 6.41. The third-order valence-electron chi connectivity index (χ3n) is 3.93. The summed E-state index contributed by atoms with van der Waals surface area (Å²) in [6, 6.07) is 2.21. The van der Waals surface area contributed by atoms with E-state index >= 15 is 0 Å². The van der Waals surface area contributed by atoms with E-state index < -0.39 is 40.3 Å². The molecule has 0 bridgehead atoms. The van der Waals surface area contributed by atoms with Crippen molar-refractivity contribution in [3.8, 4) is 0 Å². The van der Waals surface area contributed by atoms with Crippen molar-refractivity contribution >= 4 is 64.6 Å². The molecule has 0 aliphatic rings. The molecule has 14 heteroatoms. The zero-order chi connectivity index (χ0) is 24.8. The average molecular weight is 544 g/mol. The molecule has 1 heterocycles. The van der Waals surface area contributed by atoms with Gasteiger partial charge in [0.05, 0.1) is 26.1 Å². The maximum atomic E-state index is 12.7. The van der Waals surface area contributed by atoms with Crippen LogP contribution in [0, 0.1) is 0 Å². The highest BCUT2D eigenvalue weighted by molar-refractivity contribution is 7.98. The van der Waals surface area contributed by atoms with E-state index in [1.807, 2.05) is 12.2 Å². The Labute approximate surface area is 205 Å². The van der Waals surface area contributed by atoms with E-state index in [0.717, 1.165) is 12.8 Å². The minimum absolute atomic E-state index is 0.0761. The van der Waals surface area contributed by atoms with Gasteiger partial charge in [-0.15, -0.1) is 0 Å². The molecule has 0 unspecified atom stereocenters. The number of benzene rings is 1. The molecule has 178 valence electrons.